The molecule has 0 aliphatic carbocycles. The van der Waals surface area contributed by atoms with Gasteiger partial charge in [-0.25, -0.2) is 0 Å². The summed E-state index contributed by atoms with van der Waals surface area (Å²) >= 11 is 0.0666. The lowest BCUT2D eigenvalue weighted by Gasteiger charge is -2.27. The average Bonchev–Trinajstić information content (AvgIpc) is 2.17. The lowest BCUT2D eigenvalue weighted by Crippen LogP contribution is -2.37. The Morgan fingerprint density at radius 1 is 1.44 bits per heavy atom. The van der Waals surface area contributed by atoms with Gasteiger partial charge in [0, 0.05) is 18.8 Å². The SMILES string of the molecule is CN(CCSC(F)(F)F)CC1CCCNC1. The lowest BCUT2D eigenvalue weighted by molar-refractivity contribution is -0.0328. The summed E-state index contributed by atoms with van der Waals surface area (Å²) in [6.45, 7) is 3.47. The molecule has 0 spiro atoms. The quantitative estimate of drug-likeness (QED) is 0.811. The van der Waals surface area contributed by atoms with Crippen molar-refractivity contribution < 1.29 is 13.2 Å². The Hall–Kier alpha value is 0.0600. The Morgan fingerprint density at radius 3 is 2.75 bits per heavy atom. The predicted octanol–water partition coefficient (Wildman–Crippen LogP) is 2.17. The number of rotatable bonds is 5. The predicted molar refractivity (Wildman–Crippen MR) is 61.6 cm³/mol. The van der Waals surface area contributed by atoms with Crippen molar-refractivity contribution in [3.8, 4) is 0 Å². The minimum absolute atomic E-state index is 0.0666. The molecule has 2 nitrogen and oxygen atoms in total. The van der Waals surface area contributed by atoms with E-state index in [9.17, 15) is 13.2 Å². The van der Waals surface area contributed by atoms with Crippen molar-refractivity contribution in [3.63, 3.8) is 0 Å². The van der Waals surface area contributed by atoms with Gasteiger partial charge in [-0.05, 0) is 50.7 Å². The number of nitrogens with one attached hydrogen (secondary N) is 1. The standard InChI is InChI=1S/C10H19F3N2S/c1-15(5-6-16-10(11,12)13)8-9-3-2-4-14-7-9/h9,14H,2-8H2,1H3. The smallest absolute Gasteiger partial charge is 0.316 e. The maximum atomic E-state index is 11.9. The molecule has 0 saturated carbocycles. The van der Waals surface area contributed by atoms with Gasteiger partial charge in [0.2, 0.25) is 0 Å². The van der Waals surface area contributed by atoms with Crippen LogP contribution in [0.5, 0.6) is 0 Å². The van der Waals surface area contributed by atoms with Crippen LogP contribution in [0.4, 0.5) is 13.2 Å². The Labute approximate surface area is 98.9 Å². The monoisotopic (exact) mass is 256 g/mol. The first-order valence-electron chi connectivity index (χ1n) is 5.57. The summed E-state index contributed by atoms with van der Waals surface area (Å²) < 4.78 is 35.7. The summed E-state index contributed by atoms with van der Waals surface area (Å²) in [5.41, 5.74) is -4.09. The Kier molecular flexibility index (Phi) is 5.92. The average molecular weight is 256 g/mol. The Balaban J connectivity index is 2.08. The van der Waals surface area contributed by atoms with Crippen molar-refractivity contribution in [2.24, 2.45) is 5.92 Å². The first kappa shape index (κ1) is 14.1. The third-order valence-electron chi connectivity index (χ3n) is 2.71. The molecule has 0 aromatic carbocycles. The molecule has 1 aliphatic rings. The highest BCUT2D eigenvalue weighted by Gasteiger charge is 2.27. The van der Waals surface area contributed by atoms with Crippen LogP contribution in [-0.4, -0.2) is 49.4 Å². The summed E-state index contributed by atoms with van der Waals surface area (Å²) in [6, 6.07) is 0. The van der Waals surface area contributed by atoms with Crippen LogP contribution < -0.4 is 5.32 Å². The largest absolute Gasteiger partial charge is 0.441 e. The molecule has 1 rings (SSSR count). The van der Waals surface area contributed by atoms with E-state index in [0.29, 0.717) is 12.5 Å². The molecule has 1 fully saturated rings. The minimum atomic E-state index is -4.09. The van der Waals surface area contributed by atoms with E-state index in [-0.39, 0.29) is 17.5 Å². The van der Waals surface area contributed by atoms with Crippen LogP contribution in [0.15, 0.2) is 0 Å². The van der Waals surface area contributed by atoms with Gasteiger partial charge in [0.15, 0.2) is 0 Å². The van der Waals surface area contributed by atoms with Gasteiger partial charge in [0.1, 0.15) is 0 Å². The molecule has 0 bridgehead atoms. The van der Waals surface area contributed by atoms with Crippen molar-refractivity contribution in [2.45, 2.75) is 18.3 Å². The highest BCUT2D eigenvalue weighted by Crippen LogP contribution is 2.29. The number of hydrogen-bond acceptors (Lipinski definition) is 3. The van der Waals surface area contributed by atoms with E-state index in [4.69, 9.17) is 0 Å². The molecule has 1 unspecified atom stereocenters. The van der Waals surface area contributed by atoms with Gasteiger partial charge < -0.3 is 10.2 Å². The van der Waals surface area contributed by atoms with Gasteiger partial charge in [-0.2, -0.15) is 13.2 Å². The number of thioether (sulfide) groups is 1. The van der Waals surface area contributed by atoms with E-state index in [1.54, 1.807) is 0 Å². The second-order valence-corrected chi connectivity index (χ2v) is 5.43. The summed E-state index contributed by atoms with van der Waals surface area (Å²) in [7, 11) is 1.89. The zero-order chi connectivity index (χ0) is 12.0. The molecule has 0 aromatic heterocycles. The molecule has 1 N–H and O–H groups in total. The van der Waals surface area contributed by atoms with Gasteiger partial charge in [-0.3, -0.25) is 0 Å². The van der Waals surface area contributed by atoms with Crippen LogP contribution in [0.25, 0.3) is 0 Å². The molecular weight excluding hydrogens is 237 g/mol. The summed E-state index contributed by atoms with van der Waals surface area (Å²) in [4.78, 5) is 2.00. The molecule has 0 amide bonds. The van der Waals surface area contributed by atoms with Gasteiger partial charge >= 0.3 is 5.51 Å². The fourth-order valence-electron chi connectivity index (χ4n) is 1.93. The van der Waals surface area contributed by atoms with Crippen LogP contribution in [0.2, 0.25) is 0 Å². The molecule has 16 heavy (non-hydrogen) atoms. The van der Waals surface area contributed by atoms with Crippen molar-refractivity contribution in [1.82, 2.24) is 10.2 Å². The normalized spacial score (nSPS) is 22.7. The van der Waals surface area contributed by atoms with Crippen LogP contribution >= 0.6 is 11.8 Å². The second-order valence-electron chi connectivity index (χ2n) is 4.27. The molecule has 1 heterocycles. The molecule has 1 aliphatic heterocycles. The molecule has 6 heteroatoms. The van der Waals surface area contributed by atoms with Crippen LogP contribution in [0.3, 0.4) is 0 Å². The van der Waals surface area contributed by atoms with Gasteiger partial charge in [-0.1, -0.05) is 0 Å². The first-order valence-corrected chi connectivity index (χ1v) is 6.56. The second kappa shape index (κ2) is 6.71. The van der Waals surface area contributed by atoms with E-state index >= 15 is 0 Å². The highest BCUT2D eigenvalue weighted by atomic mass is 32.2. The first-order chi connectivity index (χ1) is 7.47. The molecular formula is C10H19F3N2S. The van der Waals surface area contributed by atoms with Crippen molar-refractivity contribution in [2.75, 3.05) is 39.0 Å². The molecule has 1 saturated heterocycles. The Bertz CT molecular complexity index is 193. The zero-order valence-electron chi connectivity index (χ0n) is 9.52. The summed E-state index contributed by atoms with van der Waals surface area (Å²) in [5, 5.41) is 3.31. The fraction of sp³-hybridized carbons (Fsp3) is 1.00. The summed E-state index contributed by atoms with van der Waals surface area (Å²) in [6.07, 6.45) is 2.36. The molecule has 0 radical (unpaired) electrons. The number of alkyl halides is 3. The number of piperidine rings is 1. The van der Waals surface area contributed by atoms with Gasteiger partial charge in [0.05, 0.1) is 0 Å². The van der Waals surface area contributed by atoms with E-state index in [0.717, 1.165) is 19.6 Å². The van der Waals surface area contributed by atoms with Gasteiger partial charge in [0.25, 0.3) is 0 Å². The van der Waals surface area contributed by atoms with E-state index < -0.39 is 5.51 Å². The molecule has 0 aromatic rings. The third-order valence-corrected chi connectivity index (χ3v) is 3.42. The Morgan fingerprint density at radius 2 is 2.19 bits per heavy atom. The molecule has 1 atom stereocenters. The van der Waals surface area contributed by atoms with Crippen LogP contribution in [-0.2, 0) is 0 Å². The third kappa shape index (κ3) is 6.60. The van der Waals surface area contributed by atoms with Crippen LogP contribution in [0, 0.1) is 5.92 Å². The van der Waals surface area contributed by atoms with Crippen molar-refractivity contribution in [1.29, 1.82) is 0 Å². The fourth-order valence-corrected chi connectivity index (χ4v) is 2.56. The van der Waals surface area contributed by atoms with E-state index in [1.165, 1.54) is 12.8 Å². The van der Waals surface area contributed by atoms with Crippen molar-refractivity contribution >= 4 is 11.8 Å². The number of hydrogen-bond donors (Lipinski definition) is 1. The maximum Gasteiger partial charge on any atom is 0.441 e. The minimum Gasteiger partial charge on any atom is -0.316 e. The molecule has 96 valence electrons. The lowest BCUT2D eigenvalue weighted by atomic mass is 9.99. The highest BCUT2D eigenvalue weighted by molar-refractivity contribution is 8.00. The summed E-state index contributed by atoms with van der Waals surface area (Å²) in [5.74, 6) is 0.717. The number of nitrogens with zero attached hydrogens (tertiary/aromatic N) is 1. The van der Waals surface area contributed by atoms with Crippen LogP contribution in [0.1, 0.15) is 12.8 Å². The topological polar surface area (TPSA) is 15.3 Å². The van der Waals surface area contributed by atoms with Gasteiger partial charge in [-0.15, -0.1) is 0 Å². The zero-order valence-corrected chi connectivity index (χ0v) is 10.3. The van der Waals surface area contributed by atoms with E-state index in [1.807, 2.05) is 11.9 Å². The number of halogens is 3. The maximum absolute atomic E-state index is 11.9. The van der Waals surface area contributed by atoms with Crippen molar-refractivity contribution in [3.05, 3.63) is 0 Å². The van der Waals surface area contributed by atoms with E-state index in [2.05, 4.69) is 5.32 Å².